The van der Waals surface area contributed by atoms with Crippen LogP contribution in [0.4, 0.5) is 43.6 Å². The van der Waals surface area contributed by atoms with Crippen molar-refractivity contribution in [2.24, 2.45) is 0 Å². The van der Waals surface area contributed by atoms with Crippen molar-refractivity contribution in [3.8, 4) is 0 Å². The van der Waals surface area contributed by atoms with Crippen LogP contribution in [0, 0.1) is 0 Å². The Labute approximate surface area is 102 Å². The Balaban J connectivity index is 5.59. The first-order valence-electron chi connectivity index (χ1n) is 4.55. The van der Waals surface area contributed by atoms with Gasteiger partial charge in [0.2, 0.25) is 0 Å². The molecule has 0 N–H and O–H groups in total. The van der Waals surface area contributed by atoms with Crippen molar-refractivity contribution in [2.75, 3.05) is 0 Å². The summed E-state index contributed by atoms with van der Waals surface area (Å²) in [5, 5.41) is 0. The Morgan fingerprint density at radius 3 is 1.37 bits per heavy atom. The molecule has 0 fully saturated rings. The van der Waals surface area contributed by atoms with Crippen LogP contribution in [-0.2, 0) is 0 Å². The molecular formula is C8H8F10Si. The average molecular weight is 322 g/mol. The highest BCUT2D eigenvalue weighted by Gasteiger charge is 2.81. The maximum absolute atomic E-state index is 12.9. The van der Waals surface area contributed by atoms with Crippen LogP contribution in [0.5, 0.6) is 0 Å². The number of halogens is 10. The van der Waals surface area contributed by atoms with Gasteiger partial charge in [0, 0.05) is 0 Å². The topological polar surface area (TPSA) is 0 Å². The lowest BCUT2D eigenvalue weighted by Crippen LogP contribution is -2.60. The average Bonchev–Trinajstić information content (AvgIpc) is 2.11. The molecule has 0 saturated heterocycles. The molecule has 0 aliphatic rings. The maximum atomic E-state index is 12.9. The summed E-state index contributed by atoms with van der Waals surface area (Å²) in [5.41, 5.74) is -0.0899. The lowest BCUT2D eigenvalue weighted by Gasteiger charge is -2.32. The lowest BCUT2D eigenvalue weighted by atomic mass is 10.0. The van der Waals surface area contributed by atoms with Gasteiger partial charge in [-0.2, -0.15) is 39.5 Å². The Bertz CT molecular complexity index is 348. The van der Waals surface area contributed by atoms with E-state index in [0.29, 0.717) is 0 Å². The van der Waals surface area contributed by atoms with Gasteiger partial charge in [-0.15, -0.1) is 0 Å². The molecule has 19 heavy (non-hydrogen) atoms. The third-order valence-electron chi connectivity index (χ3n) is 1.86. The molecule has 114 valence electrons. The van der Waals surface area contributed by atoms with Gasteiger partial charge in [0.1, 0.15) is 0 Å². The molecule has 0 aliphatic carbocycles. The first-order chi connectivity index (χ1) is 7.96. The number of hydrogen-bond acceptors (Lipinski definition) is 0. The van der Waals surface area contributed by atoms with E-state index in [2.05, 4.69) is 0 Å². The quantitative estimate of drug-likeness (QED) is 0.399. The minimum Gasteiger partial charge on any atom is -0.309 e. The first-order valence-corrected chi connectivity index (χ1v) is 7.51. The molecule has 0 radical (unpaired) electrons. The summed E-state index contributed by atoms with van der Waals surface area (Å²) in [5.74, 6) is -19.5. The zero-order valence-electron chi connectivity index (χ0n) is 9.43. The molecule has 0 heterocycles. The molecule has 0 aromatic carbocycles. The van der Waals surface area contributed by atoms with Crippen LogP contribution in [0.1, 0.15) is 0 Å². The van der Waals surface area contributed by atoms with Crippen molar-refractivity contribution in [1.29, 1.82) is 0 Å². The summed E-state index contributed by atoms with van der Waals surface area (Å²) in [6.45, 7) is 1.50. The standard InChI is InChI=1S/C8H8F10Si/c1-19(2,18)4-3-5(9,10)6(11,12)7(13,14)8(15,16)17/h3-4H,1-2H3/b4-3+. The first kappa shape index (κ1) is 18.3. The van der Waals surface area contributed by atoms with Crippen molar-refractivity contribution < 1.29 is 43.6 Å². The summed E-state index contributed by atoms with van der Waals surface area (Å²) in [7, 11) is -3.97. The molecule has 0 nitrogen and oxygen atoms in total. The molecule has 0 rings (SSSR count). The fourth-order valence-corrected chi connectivity index (χ4v) is 1.40. The van der Waals surface area contributed by atoms with E-state index in [1.165, 1.54) is 0 Å². The van der Waals surface area contributed by atoms with Crippen LogP contribution in [0.15, 0.2) is 11.8 Å². The van der Waals surface area contributed by atoms with Crippen LogP contribution in [0.3, 0.4) is 0 Å². The lowest BCUT2D eigenvalue weighted by molar-refractivity contribution is -0.388. The van der Waals surface area contributed by atoms with Gasteiger partial charge in [0.05, 0.1) is 0 Å². The Morgan fingerprint density at radius 2 is 1.11 bits per heavy atom. The predicted molar refractivity (Wildman–Crippen MR) is 48.6 cm³/mol. The monoisotopic (exact) mass is 322 g/mol. The van der Waals surface area contributed by atoms with Gasteiger partial charge in [-0.3, -0.25) is 0 Å². The third kappa shape index (κ3) is 3.63. The van der Waals surface area contributed by atoms with Crippen LogP contribution in [0.2, 0.25) is 13.1 Å². The summed E-state index contributed by atoms with van der Waals surface area (Å²) in [4.78, 5) is 0. The number of rotatable bonds is 4. The van der Waals surface area contributed by atoms with Crippen molar-refractivity contribution in [3.05, 3.63) is 11.8 Å². The van der Waals surface area contributed by atoms with E-state index < -0.39 is 38.4 Å². The van der Waals surface area contributed by atoms with Crippen LogP contribution in [-0.4, -0.2) is 32.4 Å². The van der Waals surface area contributed by atoms with E-state index in [1.807, 2.05) is 0 Å². The molecule has 0 atom stereocenters. The van der Waals surface area contributed by atoms with Crippen molar-refractivity contribution in [2.45, 2.75) is 37.0 Å². The van der Waals surface area contributed by atoms with Crippen LogP contribution >= 0.6 is 0 Å². The van der Waals surface area contributed by atoms with Gasteiger partial charge >= 0.3 is 23.9 Å². The molecule has 0 bridgehead atoms. The Hall–Kier alpha value is -0.743. The van der Waals surface area contributed by atoms with Crippen LogP contribution < -0.4 is 0 Å². The van der Waals surface area contributed by atoms with E-state index in [9.17, 15) is 43.6 Å². The van der Waals surface area contributed by atoms with Gasteiger partial charge < -0.3 is 4.11 Å². The van der Waals surface area contributed by atoms with Gasteiger partial charge in [-0.25, -0.2) is 0 Å². The molecule has 0 aromatic heterocycles. The maximum Gasteiger partial charge on any atom is 0.460 e. The molecule has 0 amide bonds. The number of allylic oxidation sites excluding steroid dienone is 1. The minimum atomic E-state index is -6.95. The van der Waals surface area contributed by atoms with Gasteiger partial charge in [0.25, 0.3) is 8.41 Å². The Kier molecular flexibility index (Phi) is 4.49. The smallest absolute Gasteiger partial charge is 0.309 e. The summed E-state index contributed by atoms with van der Waals surface area (Å²) in [6, 6.07) is 0. The molecule has 0 aliphatic heterocycles. The van der Waals surface area contributed by atoms with Crippen molar-refractivity contribution in [3.63, 3.8) is 0 Å². The molecule has 0 saturated carbocycles. The molecule has 0 spiro atoms. The van der Waals surface area contributed by atoms with E-state index in [4.69, 9.17) is 0 Å². The molecule has 0 unspecified atom stereocenters. The highest BCUT2D eigenvalue weighted by Crippen LogP contribution is 2.53. The van der Waals surface area contributed by atoms with Gasteiger partial charge in [0.15, 0.2) is 0 Å². The normalized spacial score (nSPS) is 16.2. The number of alkyl halides is 9. The largest absolute Gasteiger partial charge is 0.460 e. The fourth-order valence-electron chi connectivity index (χ4n) is 0.795. The third-order valence-corrected chi connectivity index (χ3v) is 2.82. The summed E-state index contributed by atoms with van der Waals surface area (Å²) >= 11 is 0. The second-order valence-electron chi connectivity index (χ2n) is 4.17. The zero-order valence-corrected chi connectivity index (χ0v) is 10.4. The zero-order chi connectivity index (χ0) is 15.9. The van der Waals surface area contributed by atoms with E-state index in [1.54, 1.807) is 0 Å². The number of hydrogen-bond donors (Lipinski definition) is 0. The summed E-state index contributed by atoms with van der Waals surface area (Å²) < 4.78 is 124. The second kappa shape index (κ2) is 4.67. The molecular weight excluding hydrogens is 314 g/mol. The molecule has 11 heteroatoms. The van der Waals surface area contributed by atoms with Crippen molar-refractivity contribution >= 4 is 8.41 Å². The highest BCUT2D eigenvalue weighted by atomic mass is 28.4. The van der Waals surface area contributed by atoms with E-state index >= 15 is 0 Å². The predicted octanol–water partition coefficient (Wildman–Crippen LogP) is 4.72. The summed E-state index contributed by atoms with van der Waals surface area (Å²) in [6.07, 6.45) is -7.81. The highest BCUT2D eigenvalue weighted by molar-refractivity contribution is 6.75. The Morgan fingerprint density at radius 1 is 0.737 bits per heavy atom. The van der Waals surface area contributed by atoms with Gasteiger partial charge in [-0.1, -0.05) is 5.70 Å². The van der Waals surface area contributed by atoms with E-state index in [0.717, 1.165) is 13.1 Å². The van der Waals surface area contributed by atoms with Crippen LogP contribution in [0.25, 0.3) is 0 Å². The van der Waals surface area contributed by atoms with Gasteiger partial charge in [-0.05, 0) is 19.2 Å². The van der Waals surface area contributed by atoms with Crippen molar-refractivity contribution in [1.82, 2.24) is 0 Å². The van der Waals surface area contributed by atoms with E-state index in [-0.39, 0.29) is 5.70 Å². The second-order valence-corrected chi connectivity index (χ2v) is 7.63. The fraction of sp³-hybridized carbons (Fsp3) is 0.750. The molecule has 0 aromatic rings. The SMILES string of the molecule is C[Si](C)(F)/C=C/C(F)(F)C(F)(F)C(F)(F)C(F)(F)F. The minimum absolute atomic E-state index is 0.0899.